The maximum atomic E-state index is 9.25. The van der Waals surface area contributed by atoms with Crippen LogP contribution < -0.4 is 10.5 Å². The van der Waals surface area contributed by atoms with Crippen molar-refractivity contribution in [3.8, 4) is 5.75 Å². The molecule has 0 spiro atoms. The van der Waals surface area contributed by atoms with Crippen LogP contribution >= 0.6 is 0 Å². The van der Waals surface area contributed by atoms with E-state index in [2.05, 4.69) is 13.8 Å². The van der Waals surface area contributed by atoms with Gasteiger partial charge in [0.1, 0.15) is 5.75 Å². The summed E-state index contributed by atoms with van der Waals surface area (Å²) in [5.41, 5.74) is 7.12. The molecule has 3 N–H and O–H groups in total. The highest BCUT2D eigenvalue weighted by Gasteiger charge is 2.32. The first-order valence-corrected chi connectivity index (χ1v) is 6.09. The third-order valence-corrected chi connectivity index (χ3v) is 3.62. The van der Waals surface area contributed by atoms with Crippen LogP contribution in [0.4, 0.5) is 0 Å². The zero-order chi connectivity index (χ0) is 12.9. The number of ether oxygens (including phenoxy) is 1. The summed E-state index contributed by atoms with van der Waals surface area (Å²) in [5, 5.41) is 9.25. The number of hydrogen-bond donors (Lipinski definition) is 2. The summed E-state index contributed by atoms with van der Waals surface area (Å²) in [5.74, 6) is 0.829. The standard InChI is InChI=1S/C14H23NO2/c1-4-13(15)14(2,8-9-16)11-6-5-7-12(10-11)17-3/h5-7,10,13,16H,4,8-9,15H2,1-3H3. The molecule has 2 unspecified atom stereocenters. The molecule has 2 atom stereocenters. The summed E-state index contributed by atoms with van der Waals surface area (Å²) in [6.45, 7) is 4.31. The van der Waals surface area contributed by atoms with Crippen molar-refractivity contribution in [1.82, 2.24) is 0 Å². The van der Waals surface area contributed by atoms with Gasteiger partial charge in [-0.3, -0.25) is 0 Å². The van der Waals surface area contributed by atoms with Crippen molar-refractivity contribution < 1.29 is 9.84 Å². The molecule has 1 aromatic rings. The van der Waals surface area contributed by atoms with Crippen LogP contribution in [0.1, 0.15) is 32.3 Å². The van der Waals surface area contributed by atoms with E-state index in [0.29, 0.717) is 6.42 Å². The van der Waals surface area contributed by atoms with Gasteiger partial charge in [0.05, 0.1) is 7.11 Å². The summed E-state index contributed by atoms with van der Waals surface area (Å²) in [6, 6.07) is 7.97. The minimum atomic E-state index is -0.210. The average Bonchev–Trinajstić information content (AvgIpc) is 2.38. The Bertz CT molecular complexity index is 354. The zero-order valence-corrected chi connectivity index (χ0v) is 10.9. The van der Waals surface area contributed by atoms with E-state index >= 15 is 0 Å². The first-order chi connectivity index (χ1) is 8.08. The zero-order valence-electron chi connectivity index (χ0n) is 10.9. The minimum Gasteiger partial charge on any atom is -0.497 e. The van der Waals surface area contributed by atoms with Crippen molar-refractivity contribution >= 4 is 0 Å². The van der Waals surface area contributed by atoms with Crippen molar-refractivity contribution in [1.29, 1.82) is 0 Å². The van der Waals surface area contributed by atoms with Crippen LogP contribution in [-0.4, -0.2) is 24.9 Å². The van der Waals surface area contributed by atoms with E-state index in [0.717, 1.165) is 17.7 Å². The van der Waals surface area contributed by atoms with E-state index in [1.54, 1.807) is 7.11 Å². The highest BCUT2D eigenvalue weighted by Crippen LogP contribution is 2.33. The lowest BCUT2D eigenvalue weighted by atomic mass is 9.73. The molecule has 3 heteroatoms. The van der Waals surface area contributed by atoms with Gasteiger partial charge < -0.3 is 15.6 Å². The van der Waals surface area contributed by atoms with Gasteiger partial charge in [0, 0.05) is 18.1 Å². The van der Waals surface area contributed by atoms with Crippen molar-refractivity contribution in [2.24, 2.45) is 5.73 Å². The van der Waals surface area contributed by atoms with Gasteiger partial charge in [-0.15, -0.1) is 0 Å². The maximum absolute atomic E-state index is 9.25. The molecular weight excluding hydrogens is 214 g/mol. The number of aliphatic hydroxyl groups excluding tert-OH is 1. The molecule has 3 nitrogen and oxygen atoms in total. The lowest BCUT2D eigenvalue weighted by molar-refractivity contribution is 0.223. The monoisotopic (exact) mass is 237 g/mol. The van der Waals surface area contributed by atoms with Crippen LogP contribution in [0.3, 0.4) is 0 Å². The molecule has 0 aliphatic heterocycles. The van der Waals surface area contributed by atoms with E-state index < -0.39 is 0 Å². The molecule has 0 saturated carbocycles. The van der Waals surface area contributed by atoms with Gasteiger partial charge >= 0.3 is 0 Å². The van der Waals surface area contributed by atoms with Crippen LogP contribution in [0.5, 0.6) is 5.75 Å². The van der Waals surface area contributed by atoms with E-state index in [-0.39, 0.29) is 18.1 Å². The molecule has 0 aromatic heterocycles. The van der Waals surface area contributed by atoms with Gasteiger partial charge in [0.25, 0.3) is 0 Å². The lowest BCUT2D eigenvalue weighted by Crippen LogP contribution is -2.43. The number of hydrogen-bond acceptors (Lipinski definition) is 3. The molecule has 0 fully saturated rings. The van der Waals surface area contributed by atoms with Crippen LogP contribution in [0.25, 0.3) is 0 Å². The SMILES string of the molecule is CCC(N)C(C)(CCO)c1cccc(OC)c1. The van der Waals surface area contributed by atoms with Crippen LogP contribution in [0.15, 0.2) is 24.3 Å². The molecule has 0 aliphatic rings. The molecule has 0 amide bonds. The van der Waals surface area contributed by atoms with Crippen molar-refractivity contribution in [2.45, 2.75) is 38.1 Å². The highest BCUT2D eigenvalue weighted by molar-refractivity contribution is 5.34. The Morgan fingerprint density at radius 3 is 2.71 bits per heavy atom. The molecule has 1 rings (SSSR count). The molecule has 17 heavy (non-hydrogen) atoms. The quantitative estimate of drug-likeness (QED) is 0.796. The smallest absolute Gasteiger partial charge is 0.119 e. The summed E-state index contributed by atoms with van der Waals surface area (Å²) >= 11 is 0. The number of nitrogens with two attached hydrogens (primary N) is 1. The van der Waals surface area contributed by atoms with E-state index in [1.807, 2.05) is 24.3 Å². The summed E-state index contributed by atoms with van der Waals surface area (Å²) < 4.78 is 5.24. The Labute approximate surface area is 104 Å². The van der Waals surface area contributed by atoms with Gasteiger partial charge in [0.15, 0.2) is 0 Å². The Kier molecular flexibility index (Phi) is 4.97. The fourth-order valence-electron chi connectivity index (χ4n) is 2.20. The number of methoxy groups -OCH3 is 1. The fraction of sp³-hybridized carbons (Fsp3) is 0.571. The molecule has 0 saturated heterocycles. The van der Waals surface area contributed by atoms with Gasteiger partial charge in [-0.05, 0) is 30.5 Å². The topological polar surface area (TPSA) is 55.5 Å². The second kappa shape index (κ2) is 6.03. The van der Waals surface area contributed by atoms with Crippen molar-refractivity contribution in [3.05, 3.63) is 29.8 Å². The molecular formula is C14H23NO2. The first kappa shape index (κ1) is 14.0. The summed E-state index contributed by atoms with van der Waals surface area (Å²) in [6.07, 6.45) is 1.54. The van der Waals surface area contributed by atoms with E-state index in [1.165, 1.54) is 0 Å². The molecule has 0 heterocycles. The Morgan fingerprint density at radius 2 is 2.18 bits per heavy atom. The average molecular weight is 237 g/mol. The van der Waals surface area contributed by atoms with Crippen LogP contribution in [-0.2, 0) is 5.41 Å². The third kappa shape index (κ3) is 2.99. The number of benzene rings is 1. The van der Waals surface area contributed by atoms with Gasteiger partial charge in [0.2, 0.25) is 0 Å². The van der Waals surface area contributed by atoms with Crippen molar-refractivity contribution in [3.63, 3.8) is 0 Å². The van der Waals surface area contributed by atoms with Crippen LogP contribution in [0, 0.1) is 0 Å². The number of rotatable bonds is 6. The van der Waals surface area contributed by atoms with E-state index in [4.69, 9.17) is 10.5 Å². The molecule has 0 aliphatic carbocycles. The Balaban J connectivity index is 3.12. The molecule has 0 radical (unpaired) electrons. The minimum absolute atomic E-state index is 0.0294. The first-order valence-electron chi connectivity index (χ1n) is 6.09. The fourth-order valence-corrected chi connectivity index (χ4v) is 2.20. The molecule has 0 bridgehead atoms. The predicted octanol–water partition coefficient (Wildman–Crippen LogP) is 2.07. The van der Waals surface area contributed by atoms with Crippen molar-refractivity contribution in [2.75, 3.05) is 13.7 Å². The predicted molar refractivity (Wildman–Crippen MR) is 70.3 cm³/mol. The second-order valence-electron chi connectivity index (χ2n) is 4.64. The van der Waals surface area contributed by atoms with Gasteiger partial charge in [-0.25, -0.2) is 0 Å². The molecule has 96 valence electrons. The molecule has 1 aromatic carbocycles. The second-order valence-corrected chi connectivity index (χ2v) is 4.64. The normalized spacial score (nSPS) is 16.3. The Morgan fingerprint density at radius 1 is 1.47 bits per heavy atom. The lowest BCUT2D eigenvalue weighted by Gasteiger charge is -2.35. The van der Waals surface area contributed by atoms with E-state index in [9.17, 15) is 5.11 Å². The largest absolute Gasteiger partial charge is 0.497 e. The number of aliphatic hydroxyl groups is 1. The van der Waals surface area contributed by atoms with Crippen LogP contribution in [0.2, 0.25) is 0 Å². The van der Waals surface area contributed by atoms with Gasteiger partial charge in [-0.2, -0.15) is 0 Å². The third-order valence-electron chi connectivity index (χ3n) is 3.62. The maximum Gasteiger partial charge on any atom is 0.119 e. The summed E-state index contributed by atoms with van der Waals surface area (Å²) in [7, 11) is 1.66. The highest BCUT2D eigenvalue weighted by atomic mass is 16.5. The van der Waals surface area contributed by atoms with Gasteiger partial charge in [-0.1, -0.05) is 26.0 Å². The Hall–Kier alpha value is -1.06. The summed E-state index contributed by atoms with van der Waals surface area (Å²) in [4.78, 5) is 0.